The van der Waals surface area contributed by atoms with Crippen LogP contribution in [0.2, 0.25) is 0 Å². The molecule has 0 bridgehead atoms. The molecule has 0 saturated heterocycles. The fraction of sp³-hybridized carbons (Fsp3) is 0.300. The lowest BCUT2D eigenvalue weighted by molar-refractivity contribution is -0.133. The van der Waals surface area contributed by atoms with E-state index in [-0.39, 0.29) is 23.5 Å². The number of hydrogen-bond donors (Lipinski definition) is 0. The van der Waals surface area contributed by atoms with Gasteiger partial charge in [0.15, 0.2) is 23.0 Å². The number of esters is 2. The Bertz CT molecular complexity index is 834. The Morgan fingerprint density at radius 3 is 1.86 bits per heavy atom. The number of rotatable bonds is 8. The molecule has 0 aliphatic carbocycles. The molecule has 2 aromatic carbocycles. The zero-order chi connectivity index (χ0) is 20.7. The SMILES string of the molecule is COC(=O)c1ccc(OC(=O)Cc2cc(OC)c(OC)c(OC)c2)c(OC)c1. The van der Waals surface area contributed by atoms with Gasteiger partial charge < -0.3 is 28.4 Å². The van der Waals surface area contributed by atoms with E-state index < -0.39 is 11.9 Å². The average Bonchev–Trinajstić information content (AvgIpc) is 2.72. The van der Waals surface area contributed by atoms with Crippen LogP contribution in [0.3, 0.4) is 0 Å². The smallest absolute Gasteiger partial charge is 0.337 e. The second-order valence-corrected chi connectivity index (χ2v) is 5.54. The quantitative estimate of drug-likeness (QED) is 0.502. The first-order valence-corrected chi connectivity index (χ1v) is 8.23. The zero-order valence-electron chi connectivity index (χ0n) is 16.4. The van der Waals surface area contributed by atoms with Gasteiger partial charge in [0.2, 0.25) is 5.75 Å². The first-order chi connectivity index (χ1) is 13.5. The van der Waals surface area contributed by atoms with Crippen LogP contribution in [0.15, 0.2) is 30.3 Å². The Kier molecular flexibility index (Phi) is 7.08. The van der Waals surface area contributed by atoms with Crippen LogP contribution in [-0.4, -0.2) is 47.5 Å². The first kappa shape index (κ1) is 20.9. The van der Waals surface area contributed by atoms with Crippen LogP contribution in [0.25, 0.3) is 0 Å². The van der Waals surface area contributed by atoms with E-state index in [9.17, 15) is 9.59 Å². The number of methoxy groups -OCH3 is 5. The minimum atomic E-state index is -0.529. The maximum Gasteiger partial charge on any atom is 0.337 e. The standard InChI is InChI=1S/C20H22O8/c1-23-15-11-13(20(22)27-5)6-7-14(15)28-18(21)10-12-8-16(24-2)19(26-4)17(9-12)25-3/h6-9,11H,10H2,1-5H3. The molecule has 0 aliphatic heterocycles. The average molecular weight is 390 g/mol. The summed E-state index contributed by atoms with van der Waals surface area (Å²) >= 11 is 0. The number of ether oxygens (including phenoxy) is 6. The Morgan fingerprint density at radius 2 is 1.36 bits per heavy atom. The molecule has 8 heteroatoms. The van der Waals surface area contributed by atoms with E-state index in [1.165, 1.54) is 53.7 Å². The molecule has 0 aliphatic rings. The molecule has 28 heavy (non-hydrogen) atoms. The fourth-order valence-electron chi connectivity index (χ4n) is 2.56. The van der Waals surface area contributed by atoms with Gasteiger partial charge in [-0.05, 0) is 35.9 Å². The van der Waals surface area contributed by atoms with Gasteiger partial charge in [-0.15, -0.1) is 0 Å². The van der Waals surface area contributed by atoms with E-state index in [0.29, 0.717) is 22.8 Å². The van der Waals surface area contributed by atoms with Crippen LogP contribution < -0.4 is 23.7 Å². The van der Waals surface area contributed by atoms with Gasteiger partial charge in [0.25, 0.3) is 0 Å². The molecule has 2 aromatic rings. The molecule has 8 nitrogen and oxygen atoms in total. The van der Waals surface area contributed by atoms with Crippen LogP contribution >= 0.6 is 0 Å². The van der Waals surface area contributed by atoms with E-state index in [1.807, 2.05) is 0 Å². The third-order valence-corrected chi connectivity index (χ3v) is 3.88. The zero-order valence-corrected chi connectivity index (χ0v) is 16.4. The third kappa shape index (κ3) is 4.64. The number of carbonyl (C=O) groups excluding carboxylic acids is 2. The van der Waals surface area contributed by atoms with Crippen molar-refractivity contribution < 1.29 is 38.0 Å². The summed E-state index contributed by atoms with van der Waals surface area (Å²) in [4.78, 5) is 24.0. The summed E-state index contributed by atoms with van der Waals surface area (Å²) in [5, 5.41) is 0. The first-order valence-electron chi connectivity index (χ1n) is 8.23. The van der Waals surface area contributed by atoms with Crippen molar-refractivity contribution in [2.45, 2.75) is 6.42 Å². The highest BCUT2D eigenvalue weighted by Gasteiger charge is 2.18. The van der Waals surface area contributed by atoms with Crippen LogP contribution in [0.1, 0.15) is 15.9 Å². The molecule has 0 aromatic heterocycles. The summed E-state index contributed by atoms with van der Waals surface area (Å²) in [6.45, 7) is 0. The fourth-order valence-corrected chi connectivity index (χ4v) is 2.56. The van der Waals surface area contributed by atoms with Crippen molar-refractivity contribution in [3.05, 3.63) is 41.5 Å². The highest BCUT2D eigenvalue weighted by molar-refractivity contribution is 5.90. The van der Waals surface area contributed by atoms with Gasteiger partial charge >= 0.3 is 11.9 Å². The Balaban J connectivity index is 2.21. The Hall–Kier alpha value is -3.42. The summed E-state index contributed by atoms with van der Waals surface area (Å²) in [7, 11) is 7.17. The van der Waals surface area contributed by atoms with E-state index >= 15 is 0 Å². The van der Waals surface area contributed by atoms with Crippen molar-refractivity contribution in [2.75, 3.05) is 35.5 Å². The molecular formula is C20H22O8. The molecule has 0 spiro atoms. The number of benzene rings is 2. The molecule has 0 radical (unpaired) electrons. The summed E-state index contributed by atoms with van der Waals surface area (Å²) < 4.78 is 31.1. The summed E-state index contributed by atoms with van der Waals surface area (Å²) in [5.74, 6) is 0.678. The van der Waals surface area contributed by atoms with E-state index in [0.717, 1.165) is 0 Å². The molecule has 0 heterocycles. The van der Waals surface area contributed by atoms with Gasteiger partial charge in [0, 0.05) is 0 Å². The molecule has 0 fully saturated rings. The lowest BCUT2D eigenvalue weighted by Gasteiger charge is -2.14. The Labute approximate surface area is 162 Å². The van der Waals surface area contributed by atoms with Crippen LogP contribution in [0, 0.1) is 0 Å². The van der Waals surface area contributed by atoms with Crippen molar-refractivity contribution in [3.63, 3.8) is 0 Å². The van der Waals surface area contributed by atoms with Gasteiger partial charge in [-0.2, -0.15) is 0 Å². The lowest BCUT2D eigenvalue weighted by Crippen LogP contribution is -2.13. The molecule has 0 atom stereocenters. The third-order valence-electron chi connectivity index (χ3n) is 3.88. The van der Waals surface area contributed by atoms with E-state index in [2.05, 4.69) is 4.74 Å². The summed E-state index contributed by atoms with van der Waals surface area (Å²) in [6, 6.07) is 7.73. The second kappa shape index (κ2) is 9.50. The van der Waals surface area contributed by atoms with E-state index in [1.54, 1.807) is 12.1 Å². The molecule has 0 amide bonds. The highest BCUT2D eigenvalue weighted by atomic mass is 16.6. The molecule has 150 valence electrons. The largest absolute Gasteiger partial charge is 0.493 e. The minimum Gasteiger partial charge on any atom is -0.493 e. The van der Waals surface area contributed by atoms with Crippen molar-refractivity contribution in [2.24, 2.45) is 0 Å². The van der Waals surface area contributed by atoms with Crippen molar-refractivity contribution in [3.8, 4) is 28.7 Å². The van der Waals surface area contributed by atoms with Gasteiger partial charge in [-0.1, -0.05) is 0 Å². The topological polar surface area (TPSA) is 89.5 Å². The summed E-state index contributed by atoms with van der Waals surface area (Å²) in [6.07, 6.45) is -0.0430. The van der Waals surface area contributed by atoms with Gasteiger partial charge in [-0.3, -0.25) is 4.79 Å². The molecule has 0 saturated carbocycles. The van der Waals surface area contributed by atoms with Crippen molar-refractivity contribution in [1.82, 2.24) is 0 Å². The maximum atomic E-state index is 12.4. The molecular weight excluding hydrogens is 368 g/mol. The highest BCUT2D eigenvalue weighted by Crippen LogP contribution is 2.38. The number of hydrogen-bond acceptors (Lipinski definition) is 8. The van der Waals surface area contributed by atoms with Gasteiger partial charge in [0.1, 0.15) is 0 Å². The van der Waals surface area contributed by atoms with E-state index in [4.69, 9.17) is 23.7 Å². The predicted molar refractivity (Wildman–Crippen MR) is 99.8 cm³/mol. The molecule has 0 N–H and O–H groups in total. The van der Waals surface area contributed by atoms with Crippen molar-refractivity contribution in [1.29, 1.82) is 0 Å². The maximum absolute atomic E-state index is 12.4. The molecule has 0 unspecified atom stereocenters. The van der Waals surface area contributed by atoms with Crippen LogP contribution in [0.5, 0.6) is 28.7 Å². The minimum absolute atomic E-state index is 0.0430. The second-order valence-electron chi connectivity index (χ2n) is 5.54. The van der Waals surface area contributed by atoms with Crippen LogP contribution in [-0.2, 0) is 16.0 Å². The van der Waals surface area contributed by atoms with Crippen molar-refractivity contribution >= 4 is 11.9 Å². The van der Waals surface area contributed by atoms with Gasteiger partial charge in [-0.25, -0.2) is 4.79 Å². The molecule has 2 rings (SSSR count). The summed E-state index contributed by atoms with van der Waals surface area (Å²) in [5.41, 5.74) is 0.897. The monoisotopic (exact) mass is 390 g/mol. The lowest BCUT2D eigenvalue weighted by atomic mass is 10.1. The predicted octanol–water partition coefficient (Wildman–Crippen LogP) is 2.66. The Morgan fingerprint density at radius 1 is 0.750 bits per heavy atom. The normalized spacial score (nSPS) is 10.0. The van der Waals surface area contributed by atoms with Gasteiger partial charge in [0.05, 0.1) is 47.5 Å². The number of carbonyl (C=O) groups is 2. The van der Waals surface area contributed by atoms with Crippen LogP contribution in [0.4, 0.5) is 0 Å².